The third-order valence-electron chi connectivity index (χ3n) is 17.4. The van der Waals surface area contributed by atoms with Crippen molar-refractivity contribution in [1.82, 2.24) is 18.8 Å². The fourth-order valence-electron chi connectivity index (χ4n) is 12.8. The number of ether oxygens (including phenoxy) is 4. The first-order valence-electron chi connectivity index (χ1n) is 29.5. The molecule has 0 unspecified atom stereocenters. The fourth-order valence-corrected chi connectivity index (χ4v) is 12.8. The van der Waals surface area contributed by atoms with Crippen LogP contribution in [0.2, 0.25) is 0 Å². The highest BCUT2D eigenvalue weighted by atomic mass is 16.5. The van der Waals surface area contributed by atoms with Gasteiger partial charge in [0.05, 0.1) is 32.8 Å². The predicted octanol–water partition coefficient (Wildman–Crippen LogP) is 19.6. The van der Waals surface area contributed by atoms with Crippen LogP contribution in [0.25, 0.3) is 98.0 Å². The molecule has 11 aromatic carbocycles. The summed E-state index contributed by atoms with van der Waals surface area (Å²) in [5.41, 5.74) is 7.19. The molecule has 0 radical (unpaired) electrons. The Morgan fingerprint density at radius 1 is 0.302 bits per heavy atom. The summed E-state index contributed by atoms with van der Waals surface area (Å²) in [4.78, 5) is 42.3. The Morgan fingerprint density at radius 2 is 0.558 bits per heavy atom. The van der Waals surface area contributed by atoms with Crippen LogP contribution >= 0.6 is 0 Å². The van der Waals surface area contributed by atoms with Crippen molar-refractivity contribution in [2.75, 3.05) is 0 Å². The molecular formula is C76H64N4O6. The number of hydrogen-bond acceptors (Lipinski definition) is 8. The lowest BCUT2D eigenvalue weighted by Crippen LogP contribution is -2.15. The van der Waals surface area contributed by atoms with Gasteiger partial charge in [-0.2, -0.15) is 0 Å². The average molecular weight is 1130 g/mol. The van der Waals surface area contributed by atoms with Crippen molar-refractivity contribution in [1.29, 1.82) is 0 Å². The summed E-state index contributed by atoms with van der Waals surface area (Å²) < 4.78 is 33.1. The molecule has 15 aromatic rings. The first kappa shape index (κ1) is 53.0. The van der Waals surface area contributed by atoms with E-state index in [0.29, 0.717) is 144 Å². The highest BCUT2D eigenvalue weighted by Crippen LogP contribution is 2.58. The third kappa shape index (κ3) is 8.20. The van der Waals surface area contributed by atoms with Crippen LogP contribution in [0.4, 0.5) is 0 Å². The summed E-state index contributed by atoms with van der Waals surface area (Å²) >= 11 is 0. The molecule has 0 N–H and O–H groups in total. The van der Waals surface area contributed by atoms with E-state index < -0.39 is 0 Å². The molecule has 15 rings (SSSR count). The second-order valence-electron chi connectivity index (χ2n) is 27.3. The van der Waals surface area contributed by atoms with E-state index in [2.05, 4.69) is 132 Å². The van der Waals surface area contributed by atoms with E-state index in [-0.39, 0.29) is 32.8 Å². The molecule has 4 heterocycles. The zero-order chi connectivity index (χ0) is 59.7. The van der Waals surface area contributed by atoms with Gasteiger partial charge in [-0.15, -0.1) is 0 Å². The summed E-state index contributed by atoms with van der Waals surface area (Å²) in [6.07, 6.45) is 0. The van der Waals surface area contributed by atoms with Crippen LogP contribution in [0.5, 0.6) is 46.0 Å². The number of rotatable bonds is 8. The largest absolute Gasteiger partial charge is 0.457 e. The second kappa shape index (κ2) is 18.4. The van der Waals surface area contributed by atoms with Crippen molar-refractivity contribution in [2.45, 2.75) is 105 Å². The summed E-state index contributed by atoms with van der Waals surface area (Å²) in [5, 5.41) is 7.40. The van der Waals surface area contributed by atoms with Crippen molar-refractivity contribution in [3.8, 4) is 46.0 Å². The quantitative estimate of drug-likeness (QED) is 0.109. The molecule has 10 heteroatoms. The van der Waals surface area contributed by atoms with E-state index in [0.717, 1.165) is 22.3 Å². The van der Waals surface area contributed by atoms with Crippen LogP contribution in [0.3, 0.4) is 0 Å². The highest BCUT2D eigenvalue weighted by molar-refractivity contribution is 6.45. The Balaban J connectivity index is 1.19. The number of para-hydroxylation sites is 4. The summed E-state index contributed by atoms with van der Waals surface area (Å²) in [7, 11) is 0. The van der Waals surface area contributed by atoms with Gasteiger partial charge in [0.15, 0.2) is 0 Å². The lowest BCUT2D eigenvalue weighted by molar-refractivity contribution is 0.482. The predicted molar refractivity (Wildman–Crippen MR) is 351 cm³/mol. The van der Waals surface area contributed by atoms with Gasteiger partial charge in [-0.3, -0.25) is 18.4 Å². The highest BCUT2D eigenvalue weighted by Gasteiger charge is 2.33. The molecular weight excluding hydrogens is 1060 g/mol. The SMILES string of the molecule is CC(C)(C)c1ccc(Oc2cc3c(=O)n4c5ccccc5nc4c4cc(Oc5ccc(C(C)(C)C)cc5)c5c6c(Oc7ccc(C(C)(C)C)cc7)cc7c8c(cc(Oc9ccc(C(C)(C)C)cc9)c(c2c5c34)c68)c(=O)n2c3ccccc3nc72)cc1. The molecule has 0 atom stereocenters. The molecule has 424 valence electrons. The molecule has 10 nitrogen and oxygen atoms in total. The monoisotopic (exact) mass is 1130 g/mol. The van der Waals surface area contributed by atoms with Gasteiger partial charge >= 0.3 is 0 Å². The number of benzene rings is 11. The molecule has 4 aromatic heterocycles. The van der Waals surface area contributed by atoms with Crippen LogP contribution in [-0.2, 0) is 21.7 Å². The summed E-state index contributed by atoms with van der Waals surface area (Å²) in [6, 6.07) is 56.1. The first-order chi connectivity index (χ1) is 41.0. The van der Waals surface area contributed by atoms with Crippen molar-refractivity contribution >= 4 is 98.0 Å². The minimum atomic E-state index is -0.260. The number of imidazole rings is 2. The molecule has 0 saturated heterocycles. The molecule has 0 aliphatic carbocycles. The van der Waals surface area contributed by atoms with Crippen LogP contribution in [0, 0.1) is 0 Å². The molecule has 0 bridgehead atoms. The van der Waals surface area contributed by atoms with Crippen LogP contribution in [0.15, 0.2) is 179 Å². The Morgan fingerprint density at radius 3 is 0.826 bits per heavy atom. The molecule has 0 aliphatic rings. The van der Waals surface area contributed by atoms with Gasteiger partial charge in [0, 0.05) is 53.9 Å². The molecule has 0 saturated carbocycles. The van der Waals surface area contributed by atoms with Crippen LogP contribution in [-0.4, -0.2) is 18.8 Å². The van der Waals surface area contributed by atoms with E-state index >= 15 is 9.59 Å². The lowest BCUT2D eigenvalue weighted by atomic mass is 9.84. The fraction of sp³-hybridized carbons (Fsp3) is 0.211. The maximum absolute atomic E-state index is 15.9. The van der Waals surface area contributed by atoms with Crippen molar-refractivity contribution in [2.24, 2.45) is 0 Å². The smallest absolute Gasteiger partial charge is 0.264 e. The number of nitrogens with zero attached hydrogens (tertiary/aromatic N) is 4. The normalized spacial score (nSPS) is 13.0. The van der Waals surface area contributed by atoms with E-state index in [1.54, 1.807) is 8.80 Å². The van der Waals surface area contributed by atoms with E-state index in [1.807, 2.05) is 121 Å². The molecule has 0 fully saturated rings. The minimum absolute atomic E-state index is 0.123. The van der Waals surface area contributed by atoms with Gasteiger partial charge in [-0.1, -0.05) is 156 Å². The maximum Gasteiger partial charge on any atom is 0.264 e. The van der Waals surface area contributed by atoms with Gasteiger partial charge in [0.2, 0.25) is 0 Å². The van der Waals surface area contributed by atoms with Crippen molar-refractivity contribution < 1.29 is 18.9 Å². The Kier molecular flexibility index (Phi) is 11.3. The van der Waals surface area contributed by atoms with E-state index in [4.69, 9.17) is 28.9 Å². The molecule has 86 heavy (non-hydrogen) atoms. The molecule has 0 amide bonds. The maximum atomic E-state index is 15.9. The van der Waals surface area contributed by atoms with Crippen LogP contribution in [0.1, 0.15) is 105 Å². The van der Waals surface area contributed by atoms with Crippen molar-refractivity contribution in [3.05, 3.63) is 213 Å². The lowest BCUT2D eigenvalue weighted by Gasteiger charge is -2.26. The average Bonchev–Trinajstić information content (AvgIpc) is 0.938. The van der Waals surface area contributed by atoms with Crippen molar-refractivity contribution in [3.63, 3.8) is 0 Å². The van der Waals surface area contributed by atoms with E-state index in [9.17, 15) is 0 Å². The molecule has 0 aliphatic heterocycles. The number of fused-ring (bicyclic) bond motifs is 10. The topological polar surface area (TPSA) is 106 Å². The Labute approximate surface area is 496 Å². The van der Waals surface area contributed by atoms with Gasteiger partial charge in [0.25, 0.3) is 11.1 Å². The minimum Gasteiger partial charge on any atom is -0.457 e. The third-order valence-corrected chi connectivity index (χ3v) is 17.4. The first-order valence-corrected chi connectivity index (χ1v) is 29.5. The van der Waals surface area contributed by atoms with Crippen LogP contribution < -0.4 is 30.1 Å². The Hall–Kier alpha value is -9.80. The van der Waals surface area contributed by atoms with Gasteiger partial charge in [-0.25, -0.2) is 9.97 Å². The number of pyridine rings is 2. The Bertz CT molecular complexity index is 5030. The zero-order valence-electron chi connectivity index (χ0n) is 50.4. The summed E-state index contributed by atoms with van der Waals surface area (Å²) in [6.45, 7) is 26.3. The van der Waals surface area contributed by atoms with Gasteiger partial charge in [-0.05, 0) is 141 Å². The van der Waals surface area contributed by atoms with E-state index in [1.165, 1.54) is 0 Å². The zero-order valence-corrected chi connectivity index (χ0v) is 50.4. The second-order valence-corrected chi connectivity index (χ2v) is 27.3. The summed E-state index contributed by atoms with van der Waals surface area (Å²) in [5.74, 6) is 4.03. The number of aromatic nitrogens is 4. The van der Waals surface area contributed by atoms with Gasteiger partial charge in [0.1, 0.15) is 57.3 Å². The standard InChI is InChI=1S/C76H64N4O6/c1-73(2,3)41-21-29-45(30-22-41)83-57-37-49-61-51(71(81)79-55-19-15-13-17-53(55)77-69(49)79)39-59(85-47-33-25-43(26-34-47)75(7,8)9)65-66-60(86-48-35-27-44(28-36-48)76(10,11)12)40-52-62-50(70-78-54-18-14-16-20-56(54)80(70)72(52)82)38-58(64(68(62)66)63(57)67(61)65)84-46-31-23-42(24-32-46)74(4,5)6/h13-40H,1-12H3. The number of hydrogen-bond donors (Lipinski definition) is 0. The van der Waals surface area contributed by atoms with Gasteiger partial charge < -0.3 is 18.9 Å². The molecule has 0 spiro atoms.